The van der Waals surface area contributed by atoms with Gasteiger partial charge in [-0.1, -0.05) is 18.3 Å². The predicted octanol–water partition coefficient (Wildman–Crippen LogP) is 2.97. The third kappa shape index (κ3) is 2.91. The first-order valence-corrected chi connectivity index (χ1v) is 7.02. The highest BCUT2D eigenvalue weighted by Crippen LogP contribution is 2.27. The van der Waals surface area contributed by atoms with Crippen molar-refractivity contribution >= 4 is 11.3 Å². The minimum Gasteiger partial charge on any atom is -0.308 e. The number of pyridine rings is 1. The third-order valence-electron chi connectivity index (χ3n) is 2.75. The molecule has 0 saturated carbocycles. The average molecular weight is 262 g/mol. The molecule has 0 aliphatic rings. The number of hydrogen-bond acceptors (Lipinski definition) is 5. The first kappa shape index (κ1) is 13.1. The van der Waals surface area contributed by atoms with Crippen molar-refractivity contribution in [3.05, 3.63) is 29.0 Å². The maximum absolute atomic E-state index is 4.28. The first-order valence-electron chi connectivity index (χ1n) is 6.21. The third-order valence-corrected chi connectivity index (χ3v) is 3.89. The van der Waals surface area contributed by atoms with E-state index >= 15 is 0 Å². The fourth-order valence-corrected chi connectivity index (χ4v) is 2.62. The molecule has 0 radical (unpaired) electrons. The Kier molecular flexibility index (Phi) is 4.38. The van der Waals surface area contributed by atoms with Crippen LogP contribution < -0.4 is 5.32 Å². The molecule has 0 fully saturated rings. The average Bonchev–Trinajstić information content (AvgIpc) is 2.86. The zero-order chi connectivity index (χ0) is 13.0. The van der Waals surface area contributed by atoms with Crippen LogP contribution in [0.1, 0.15) is 37.0 Å². The summed E-state index contributed by atoms with van der Waals surface area (Å²) in [5.41, 5.74) is 2.07. The van der Waals surface area contributed by atoms with Crippen molar-refractivity contribution < 1.29 is 0 Å². The van der Waals surface area contributed by atoms with Gasteiger partial charge in [0.2, 0.25) is 0 Å². The van der Waals surface area contributed by atoms with Crippen LogP contribution in [0.3, 0.4) is 0 Å². The van der Waals surface area contributed by atoms with E-state index in [0.29, 0.717) is 0 Å². The Morgan fingerprint density at radius 3 is 2.94 bits per heavy atom. The molecule has 5 heteroatoms. The zero-order valence-electron chi connectivity index (χ0n) is 11.0. The molecule has 0 saturated heterocycles. The van der Waals surface area contributed by atoms with E-state index in [-0.39, 0.29) is 6.04 Å². The van der Waals surface area contributed by atoms with Crippen LogP contribution in [0.4, 0.5) is 0 Å². The van der Waals surface area contributed by atoms with E-state index in [9.17, 15) is 0 Å². The maximum atomic E-state index is 4.28. The Balaban J connectivity index is 2.18. The van der Waals surface area contributed by atoms with E-state index in [1.807, 2.05) is 19.1 Å². The molecule has 2 aromatic heterocycles. The molecule has 4 nitrogen and oxygen atoms in total. The second-order valence-electron chi connectivity index (χ2n) is 4.26. The lowest BCUT2D eigenvalue weighted by Crippen LogP contribution is -2.18. The summed E-state index contributed by atoms with van der Waals surface area (Å²) in [5, 5.41) is 13.9. The van der Waals surface area contributed by atoms with Gasteiger partial charge in [-0.05, 0) is 38.9 Å². The van der Waals surface area contributed by atoms with Gasteiger partial charge in [0.15, 0.2) is 0 Å². The summed E-state index contributed by atoms with van der Waals surface area (Å²) in [6.07, 6.45) is 2.92. The maximum Gasteiger partial charge on any atom is 0.149 e. The molecule has 0 aliphatic heterocycles. The number of aromatic nitrogens is 3. The van der Waals surface area contributed by atoms with Crippen LogP contribution in [-0.2, 0) is 0 Å². The number of nitrogens with one attached hydrogen (secondary N) is 1. The smallest absolute Gasteiger partial charge is 0.149 e. The molecule has 96 valence electrons. The minimum absolute atomic E-state index is 0.258. The molecular weight excluding hydrogens is 244 g/mol. The Bertz CT molecular complexity index is 509. The second-order valence-corrected chi connectivity index (χ2v) is 5.27. The summed E-state index contributed by atoms with van der Waals surface area (Å²) < 4.78 is 0. The monoisotopic (exact) mass is 262 g/mol. The fraction of sp³-hybridized carbons (Fsp3) is 0.462. The largest absolute Gasteiger partial charge is 0.308 e. The van der Waals surface area contributed by atoms with Crippen molar-refractivity contribution in [3.8, 4) is 10.6 Å². The van der Waals surface area contributed by atoms with Gasteiger partial charge in [0.25, 0.3) is 0 Å². The van der Waals surface area contributed by atoms with Gasteiger partial charge in [-0.15, -0.1) is 10.2 Å². The van der Waals surface area contributed by atoms with Gasteiger partial charge < -0.3 is 5.32 Å². The molecule has 0 aliphatic carbocycles. The molecule has 2 aromatic rings. The molecule has 1 atom stereocenters. The van der Waals surface area contributed by atoms with Crippen molar-refractivity contribution in [2.75, 3.05) is 6.54 Å². The molecule has 18 heavy (non-hydrogen) atoms. The van der Waals surface area contributed by atoms with Crippen LogP contribution in [0.15, 0.2) is 18.3 Å². The standard InChI is InChI=1S/C13H18N4S/c1-4-7-14-10(3)12-16-17-13(18-12)11-6-5-8-15-9(11)2/h5-6,8,10,14H,4,7H2,1-3H3. The summed E-state index contributed by atoms with van der Waals surface area (Å²) in [6.45, 7) is 7.28. The Hall–Kier alpha value is -1.33. The molecule has 0 spiro atoms. The summed E-state index contributed by atoms with van der Waals surface area (Å²) >= 11 is 1.63. The highest BCUT2D eigenvalue weighted by molar-refractivity contribution is 7.14. The lowest BCUT2D eigenvalue weighted by Gasteiger charge is -2.08. The topological polar surface area (TPSA) is 50.7 Å². The summed E-state index contributed by atoms with van der Waals surface area (Å²) in [5.74, 6) is 0. The van der Waals surface area contributed by atoms with Crippen molar-refractivity contribution in [1.82, 2.24) is 20.5 Å². The molecule has 1 N–H and O–H groups in total. The molecule has 0 bridgehead atoms. The molecule has 0 amide bonds. The molecule has 1 unspecified atom stereocenters. The van der Waals surface area contributed by atoms with Gasteiger partial charge in [0.05, 0.1) is 6.04 Å². The van der Waals surface area contributed by atoms with E-state index in [0.717, 1.165) is 34.2 Å². The van der Waals surface area contributed by atoms with E-state index in [1.54, 1.807) is 17.5 Å². The SMILES string of the molecule is CCCNC(C)c1nnc(-c2cccnc2C)s1. The highest BCUT2D eigenvalue weighted by Gasteiger charge is 2.13. The van der Waals surface area contributed by atoms with E-state index in [1.165, 1.54) is 0 Å². The van der Waals surface area contributed by atoms with Crippen LogP contribution in [-0.4, -0.2) is 21.7 Å². The van der Waals surface area contributed by atoms with Crippen LogP contribution in [0.2, 0.25) is 0 Å². The van der Waals surface area contributed by atoms with Crippen LogP contribution in [0.5, 0.6) is 0 Å². The van der Waals surface area contributed by atoms with E-state index in [2.05, 4.69) is 34.3 Å². The number of rotatable bonds is 5. The van der Waals surface area contributed by atoms with Gasteiger partial charge in [0, 0.05) is 17.5 Å². The van der Waals surface area contributed by atoms with Crippen molar-refractivity contribution in [2.24, 2.45) is 0 Å². The van der Waals surface area contributed by atoms with Crippen LogP contribution in [0, 0.1) is 6.92 Å². The highest BCUT2D eigenvalue weighted by atomic mass is 32.1. The molecule has 2 rings (SSSR count). The Labute approximate surface area is 111 Å². The number of nitrogens with zero attached hydrogens (tertiary/aromatic N) is 3. The lowest BCUT2D eigenvalue weighted by atomic mass is 10.2. The Morgan fingerprint density at radius 2 is 2.22 bits per heavy atom. The van der Waals surface area contributed by atoms with Gasteiger partial charge in [-0.2, -0.15) is 0 Å². The van der Waals surface area contributed by atoms with E-state index < -0.39 is 0 Å². The van der Waals surface area contributed by atoms with Gasteiger partial charge in [0.1, 0.15) is 10.0 Å². The van der Waals surface area contributed by atoms with Crippen molar-refractivity contribution in [3.63, 3.8) is 0 Å². The van der Waals surface area contributed by atoms with E-state index in [4.69, 9.17) is 0 Å². The van der Waals surface area contributed by atoms with Gasteiger partial charge in [-0.3, -0.25) is 4.98 Å². The summed E-state index contributed by atoms with van der Waals surface area (Å²) in [6, 6.07) is 4.23. The molecule has 0 aromatic carbocycles. The van der Waals surface area contributed by atoms with Crippen LogP contribution in [0.25, 0.3) is 10.6 Å². The predicted molar refractivity (Wildman–Crippen MR) is 74.6 cm³/mol. The van der Waals surface area contributed by atoms with Gasteiger partial charge >= 0.3 is 0 Å². The normalized spacial score (nSPS) is 12.6. The summed E-state index contributed by atoms with van der Waals surface area (Å²) in [7, 11) is 0. The minimum atomic E-state index is 0.258. The number of hydrogen-bond donors (Lipinski definition) is 1. The summed E-state index contributed by atoms with van der Waals surface area (Å²) in [4.78, 5) is 4.28. The lowest BCUT2D eigenvalue weighted by molar-refractivity contribution is 0.564. The fourth-order valence-electron chi connectivity index (χ4n) is 1.68. The number of aryl methyl sites for hydroxylation is 1. The van der Waals surface area contributed by atoms with Crippen LogP contribution >= 0.6 is 11.3 Å². The van der Waals surface area contributed by atoms with Crippen molar-refractivity contribution in [2.45, 2.75) is 33.2 Å². The van der Waals surface area contributed by atoms with Gasteiger partial charge in [-0.25, -0.2) is 0 Å². The molecule has 2 heterocycles. The molecular formula is C13H18N4S. The van der Waals surface area contributed by atoms with Crippen molar-refractivity contribution in [1.29, 1.82) is 0 Å². The zero-order valence-corrected chi connectivity index (χ0v) is 11.8. The Morgan fingerprint density at radius 1 is 1.39 bits per heavy atom. The second kappa shape index (κ2) is 6.02. The first-order chi connectivity index (χ1) is 8.72. The quantitative estimate of drug-likeness (QED) is 0.900.